The zero-order valence-corrected chi connectivity index (χ0v) is 6.77. The minimum absolute atomic E-state index is 0.384. The molecule has 0 atom stereocenters. The lowest BCUT2D eigenvalue weighted by Gasteiger charge is -1.92. The fraction of sp³-hybridized carbons (Fsp3) is 0.125. The van der Waals surface area contributed by atoms with Gasteiger partial charge in [-0.2, -0.15) is 0 Å². The number of allylic oxidation sites excluding steroid dienone is 2. The van der Waals surface area contributed by atoms with Gasteiger partial charge in [-0.15, -0.1) is 0 Å². The molecule has 0 aliphatic heterocycles. The molecule has 0 heterocycles. The molecule has 0 saturated carbocycles. The highest BCUT2D eigenvalue weighted by Crippen LogP contribution is 2.00. The van der Waals surface area contributed by atoms with Gasteiger partial charge in [0.25, 0.3) is 0 Å². The molecule has 0 aromatic heterocycles. The first-order valence-electron chi connectivity index (χ1n) is 3.28. The van der Waals surface area contributed by atoms with E-state index < -0.39 is 29.5 Å². The number of Topliss-reactive ketones (excluding diaryl/α,β-unsaturated/α-hetero) is 1. The van der Waals surface area contributed by atoms with E-state index in [2.05, 4.69) is 0 Å². The minimum atomic E-state index is -1.76. The summed E-state index contributed by atoms with van der Waals surface area (Å²) in [5.41, 5.74) is -0.708. The number of carbonyl (C=O) groups is 3. The topological polar surface area (TPSA) is 106 Å². The van der Waals surface area contributed by atoms with Crippen molar-refractivity contribution < 1.29 is 29.1 Å². The molecule has 0 rings (SSSR count). The predicted octanol–water partition coefficient (Wildman–Crippen LogP) is -1.25. The van der Waals surface area contributed by atoms with Crippen molar-refractivity contribution in [1.82, 2.24) is 0 Å². The van der Waals surface area contributed by atoms with Gasteiger partial charge >= 0.3 is 5.97 Å². The first kappa shape index (κ1) is 11.7. The number of rotatable bonds is 5. The van der Waals surface area contributed by atoms with E-state index in [-0.39, 0.29) is 0 Å². The monoisotopic (exact) mass is 196 g/mol. The molecular weight excluding hydrogens is 192 g/mol. The number of hydrogen-bond acceptors (Lipinski definition) is 5. The van der Waals surface area contributed by atoms with Gasteiger partial charge in [-0.1, -0.05) is 0 Å². The second kappa shape index (κ2) is 5.37. The molecule has 0 aliphatic rings. The maximum Gasteiger partial charge on any atom is 0.372 e. The molecule has 0 aromatic rings. The Morgan fingerprint density at radius 3 is 2.14 bits per heavy atom. The first-order valence-corrected chi connectivity index (χ1v) is 3.28. The maximum atomic E-state index is 10.8. The molecule has 14 heavy (non-hydrogen) atoms. The molecule has 0 amide bonds. The number of carboxylic acids is 1. The lowest BCUT2D eigenvalue weighted by molar-refractivity contribution is -0.148. The molecule has 0 unspecified atom stereocenters. The molecule has 0 spiro atoms. The van der Waals surface area contributed by atoms with Gasteiger partial charge in [0, 0.05) is 0 Å². The molecular formula is C8H4O6. The van der Waals surface area contributed by atoms with E-state index in [4.69, 9.17) is 5.11 Å². The Labute approximate surface area is 77.5 Å². The Kier molecular flexibility index (Phi) is 4.49. The summed E-state index contributed by atoms with van der Waals surface area (Å²) in [4.78, 5) is 51.2. The van der Waals surface area contributed by atoms with Gasteiger partial charge in [-0.3, -0.25) is 9.59 Å². The number of ketones is 2. The van der Waals surface area contributed by atoms with Gasteiger partial charge < -0.3 is 5.11 Å². The average Bonchev–Trinajstić information content (AvgIpc) is 2.13. The standard InChI is InChI=1S/C8H4O6/c9-2-1-6(11)5(4-10)3-7(12)8(13)14/h1H,3H2,(H,13,14). The lowest BCUT2D eigenvalue weighted by atomic mass is 10.1. The third-order valence-corrected chi connectivity index (χ3v) is 1.19. The van der Waals surface area contributed by atoms with Crippen LogP contribution in [-0.4, -0.2) is 34.5 Å². The Morgan fingerprint density at radius 1 is 1.21 bits per heavy atom. The summed E-state index contributed by atoms with van der Waals surface area (Å²) in [6, 6.07) is 0. The molecule has 0 fully saturated rings. The Hall–Kier alpha value is -2.29. The van der Waals surface area contributed by atoms with Crippen LogP contribution in [0.25, 0.3) is 0 Å². The van der Waals surface area contributed by atoms with E-state index in [0.717, 1.165) is 11.9 Å². The van der Waals surface area contributed by atoms with Crippen LogP contribution in [0.15, 0.2) is 11.6 Å². The quantitative estimate of drug-likeness (QED) is 0.334. The van der Waals surface area contributed by atoms with Gasteiger partial charge in [0.2, 0.25) is 11.6 Å². The predicted molar refractivity (Wildman–Crippen MR) is 41.7 cm³/mol. The Balaban J connectivity index is 4.72. The van der Waals surface area contributed by atoms with E-state index in [9.17, 15) is 24.0 Å². The van der Waals surface area contributed by atoms with Crippen LogP contribution in [0.3, 0.4) is 0 Å². The summed E-state index contributed by atoms with van der Waals surface area (Å²) in [5, 5.41) is 8.15. The molecule has 0 saturated heterocycles. The SMILES string of the molecule is O=C=CC(=O)C(=C=O)CC(=O)C(=O)O. The van der Waals surface area contributed by atoms with E-state index >= 15 is 0 Å². The Bertz CT molecular complexity index is 379. The van der Waals surface area contributed by atoms with Crippen molar-refractivity contribution in [2.45, 2.75) is 6.42 Å². The van der Waals surface area contributed by atoms with Gasteiger partial charge in [0.05, 0.1) is 18.1 Å². The van der Waals surface area contributed by atoms with Crippen LogP contribution < -0.4 is 0 Å². The van der Waals surface area contributed by atoms with Gasteiger partial charge in [0.1, 0.15) is 11.9 Å². The number of carbonyl (C=O) groups excluding carboxylic acids is 4. The maximum absolute atomic E-state index is 10.8. The van der Waals surface area contributed by atoms with Crippen LogP contribution in [0.4, 0.5) is 0 Å². The summed E-state index contributed by atoms with van der Waals surface area (Å²) in [6.07, 6.45) is -0.495. The summed E-state index contributed by atoms with van der Waals surface area (Å²) >= 11 is 0. The molecule has 0 bridgehead atoms. The number of carboxylic acid groups (broad SMARTS) is 1. The summed E-state index contributed by atoms with van der Waals surface area (Å²) < 4.78 is 0. The first-order chi connectivity index (χ1) is 6.52. The molecule has 1 N–H and O–H groups in total. The highest BCUT2D eigenvalue weighted by molar-refractivity contribution is 6.35. The summed E-state index contributed by atoms with van der Waals surface area (Å²) in [5.74, 6) is -1.95. The van der Waals surface area contributed by atoms with Gasteiger partial charge in [-0.05, 0) is 0 Å². The van der Waals surface area contributed by atoms with Crippen LogP contribution in [0, 0.1) is 0 Å². The van der Waals surface area contributed by atoms with Crippen molar-refractivity contribution in [3.8, 4) is 0 Å². The minimum Gasteiger partial charge on any atom is -0.475 e. The molecule has 6 nitrogen and oxygen atoms in total. The van der Waals surface area contributed by atoms with E-state index in [1.165, 1.54) is 0 Å². The largest absolute Gasteiger partial charge is 0.475 e. The fourth-order valence-corrected chi connectivity index (χ4v) is 0.550. The molecule has 0 aromatic carbocycles. The van der Waals surface area contributed by atoms with Crippen LogP contribution >= 0.6 is 0 Å². The van der Waals surface area contributed by atoms with Crippen molar-refractivity contribution in [2.75, 3.05) is 0 Å². The zero-order chi connectivity index (χ0) is 11.1. The Morgan fingerprint density at radius 2 is 1.79 bits per heavy atom. The summed E-state index contributed by atoms with van der Waals surface area (Å²) in [6.45, 7) is 0. The molecule has 0 radical (unpaired) electrons. The van der Waals surface area contributed by atoms with Crippen molar-refractivity contribution in [2.24, 2.45) is 0 Å². The van der Waals surface area contributed by atoms with E-state index in [1.807, 2.05) is 0 Å². The smallest absolute Gasteiger partial charge is 0.372 e. The lowest BCUT2D eigenvalue weighted by Crippen LogP contribution is -2.15. The average molecular weight is 196 g/mol. The van der Waals surface area contributed by atoms with Crippen LogP contribution in [0.2, 0.25) is 0 Å². The van der Waals surface area contributed by atoms with Crippen LogP contribution in [-0.2, 0) is 24.0 Å². The van der Waals surface area contributed by atoms with E-state index in [0.29, 0.717) is 6.08 Å². The van der Waals surface area contributed by atoms with Crippen LogP contribution in [0.5, 0.6) is 0 Å². The zero-order valence-electron chi connectivity index (χ0n) is 6.77. The molecule has 72 valence electrons. The van der Waals surface area contributed by atoms with Crippen molar-refractivity contribution in [3.63, 3.8) is 0 Å². The van der Waals surface area contributed by atoms with E-state index in [1.54, 1.807) is 0 Å². The van der Waals surface area contributed by atoms with Crippen LogP contribution in [0.1, 0.15) is 6.42 Å². The third kappa shape index (κ3) is 3.40. The normalized spacial score (nSPS) is 8.00. The van der Waals surface area contributed by atoms with Gasteiger partial charge in [0.15, 0.2) is 0 Å². The molecule has 6 heteroatoms. The highest BCUT2D eigenvalue weighted by Gasteiger charge is 2.18. The number of aliphatic carboxylic acids is 1. The number of hydrogen-bond donors (Lipinski definition) is 1. The van der Waals surface area contributed by atoms with Crippen molar-refractivity contribution in [1.29, 1.82) is 0 Å². The van der Waals surface area contributed by atoms with Gasteiger partial charge in [-0.25, -0.2) is 14.4 Å². The second-order valence-electron chi connectivity index (χ2n) is 2.11. The molecule has 0 aliphatic carbocycles. The third-order valence-electron chi connectivity index (χ3n) is 1.19. The highest BCUT2D eigenvalue weighted by atomic mass is 16.4. The van der Waals surface area contributed by atoms with Crippen molar-refractivity contribution >= 4 is 29.4 Å². The van der Waals surface area contributed by atoms with Crippen molar-refractivity contribution in [3.05, 3.63) is 11.6 Å². The second-order valence-corrected chi connectivity index (χ2v) is 2.11. The summed E-state index contributed by atoms with van der Waals surface area (Å²) in [7, 11) is 0. The fourth-order valence-electron chi connectivity index (χ4n) is 0.550.